The van der Waals surface area contributed by atoms with Gasteiger partial charge in [0.25, 0.3) is 0 Å². The lowest BCUT2D eigenvalue weighted by atomic mass is 10.00. The molecule has 1 aromatic carbocycles. The molecular weight excluding hydrogens is 262 g/mol. The highest BCUT2D eigenvalue weighted by Gasteiger charge is 2.09. The highest BCUT2D eigenvalue weighted by atomic mass is 32.1. The van der Waals surface area contributed by atoms with Crippen molar-refractivity contribution in [2.24, 2.45) is 0 Å². The number of benzene rings is 1. The smallest absolute Gasteiger partial charge is 0.0111 e. The quantitative estimate of drug-likeness (QED) is 0.748. The first kappa shape index (κ1) is 15.3. The minimum absolute atomic E-state index is 0.589. The molecular formula is C18H25NS. The van der Waals surface area contributed by atoms with Gasteiger partial charge in [0.15, 0.2) is 0 Å². The SMILES string of the molecule is CCCNC(CCc1ccc(C)cc1)Cc1ccsc1. The molecule has 0 aliphatic carbocycles. The second kappa shape index (κ2) is 8.23. The zero-order valence-corrected chi connectivity index (χ0v) is 13.4. The summed E-state index contributed by atoms with van der Waals surface area (Å²) in [6.07, 6.45) is 4.71. The summed E-state index contributed by atoms with van der Waals surface area (Å²) in [5.41, 5.74) is 4.25. The van der Waals surface area contributed by atoms with Gasteiger partial charge in [0.05, 0.1) is 0 Å². The Morgan fingerprint density at radius 2 is 1.90 bits per heavy atom. The molecule has 0 radical (unpaired) electrons. The summed E-state index contributed by atoms with van der Waals surface area (Å²) in [4.78, 5) is 0. The van der Waals surface area contributed by atoms with E-state index in [2.05, 4.69) is 60.3 Å². The van der Waals surface area contributed by atoms with Crippen molar-refractivity contribution in [2.45, 2.75) is 45.6 Å². The van der Waals surface area contributed by atoms with Gasteiger partial charge < -0.3 is 5.32 Å². The highest BCUT2D eigenvalue weighted by Crippen LogP contribution is 2.13. The van der Waals surface area contributed by atoms with Crippen LogP contribution in [-0.4, -0.2) is 12.6 Å². The van der Waals surface area contributed by atoms with E-state index in [4.69, 9.17) is 0 Å². The Kier molecular flexibility index (Phi) is 6.28. The van der Waals surface area contributed by atoms with E-state index in [1.807, 2.05) is 0 Å². The third-order valence-corrected chi connectivity index (χ3v) is 4.38. The van der Waals surface area contributed by atoms with Crippen molar-refractivity contribution in [2.75, 3.05) is 6.54 Å². The molecule has 0 saturated heterocycles. The summed E-state index contributed by atoms with van der Waals surface area (Å²) < 4.78 is 0. The lowest BCUT2D eigenvalue weighted by Gasteiger charge is -2.18. The molecule has 1 N–H and O–H groups in total. The van der Waals surface area contributed by atoms with E-state index in [0.717, 1.165) is 19.4 Å². The molecule has 2 aromatic rings. The third-order valence-electron chi connectivity index (χ3n) is 3.65. The molecule has 0 bridgehead atoms. The van der Waals surface area contributed by atoms with Crippen molar-refractivity contribution in [1.82, 2.24) is 5.32 Å². The van der Waals surface area contributed by atoms with Crippen molar-refractivity contribution in [1.29, 1.82) is 0 Å². The zero-order valence-electron chi connectivity index (χ0n) is 12.6. The van der Waals surface area contributed by atoms with Gasteiger partial charge in [0.2, 0.25) is 0 Å². The van der Waals surface area contributed by atoms with E-state index >= 15 is 0 Å². The summed E-state index contributed by atoms with van der Waals surface area (Å²) >= 11 is 1.79. The van der Waals surface area contributed by atoms with Gasteiger partial charge in [-0.2, -0.15) is 11.3 Å². The Balaban J connectivity index is 1.87. The summed E-state index contributed by atoms with van der Waals surface area (Å²) in [5, 5.41) is 8.14. The van der Waals surface area contributed by atoms with Crippen LogP contribution < -0.4 is 5.32 Å². The van der Waals surface area contributed by atoms with E-state index in [1.54, 1.807) is 11.3 Å². The lowest BCUT2D eigenvalue weighted by Crippen LogP contribution is -2.32. The Morgan fingerprint density at radius 1 is 1.10 bits per heavy atom. The number of hydrogen-bond donors (Lipinski definition) is 1. The molecule has 20 heavy (non-hydrogen) atoms. The van der Waals surface area contributed by atoms with Crippen LogP contribution in [-0.2, 0) is 12.8 Å². The predicted molar refractivity (Wildman–Crippen MR) is 89.6 cm³/mol. The minimum atomic E-state index is 0.589. The number of thiophene rings is 1. The summed E-state index contributed by atoms with van der Waals surface area (Å²) in [5.74, 6) is 0. The molecule has 2 rings (SSSR count). The van der Waals surface area contributed by atoms with Crippen LogP contribution in [0.2, 0.25) is 0 Å². The molecule has 1 nitrogen and oxygen atoms in total. The average Bonchev–Trinajstić information content (AvgIpc) is 2.96. The fourth-order valence-electron chi connectivity index (χ4n) is 2.41. The van der Waals surface area contributed by atoms with Crippen LogP contribution in [0.25, 0.3) is 0 Å². The van der Waals surface area contributed by atoms with Crippen molar-refractivity contribution in [3.63, 3.8) is 0 Å². The van der Waals surface area contributed by atoms with Crippen LogP contribution in [0.1, 0.15) is 36.5 Å². The lowest BCUT2D eigenvalue weighted by molar-refractivity contribution is 0.478. The number of nitrogens with one attached hydrogen (secondary N) is 1. The fraction of sp³-hybridized carbons (Fsp3) is 0.444. The Labute approximate surface area is 127 Å². The average molecular weight is 287 g/mol. The van der Waals surface area contributed by atoms with Gasteiger partial charge in [0, 0.05) is 6.04 Å². The number of aryl methyl sites for hydroxylation is 2. The second-order valence-electron chi connectivity index (χ2n) is 5.51. The monoisotopic (exact) mass is 287 g/mol. The minimum Gasteiger partial charge on any atom is -0.314 e. The zero-order chi connectivity index (χ0) is 14.2. The van der Waals surface area contributed by atoms with Gasteiger partial charge in [-0.3, -0.25) is 0 Å². The van der Waals surface area contributed by atoms with E-state index in [9.17, 15) is 0 Å². The molecule has 2 heteroatoms. The standard InChI is InChI=1S/C18H25NS/c1-3-11-19-18(13-17-10-12-20-14-17)9-8-16-6-4-15(2)5-7-16/h4-7,10,12,14,18-19H,3,8-9,11,13H2,1-2H3. The van der Waals surface area contributed by atoms with Gasteiger partial charge in [0.1, 0.15) is 0 Å². The van der Waals surface area contributed by atoms with E-state index in [0.29, 0.717) is 6.04 Å². The summed E-state index contributed by atoms with van der Waals surface area (Å²) in [6, 6.07) is 11.8. The van der Waals surface area contributed by atoms with Crippen LogP contribution in [0.3, 0.4) is 0 Å². The molecule has 0 fully saturated rings. The largest absolute Gasteiger partial charge is 0.314 e. The molecule has 0 amide bonds. The topological polar surface area (TPSA) is 12.0 Å². The number of hydrogen-bond acceptors (Lipinski definition) is 2. The predicted octanol–water partition coefficient (Wildman–Crippen LogP) is 4.60. The van der Waals surface area contributed by atoms with Gasteiger partial charge in [-0.05, 0) is 67.1 Å². The van der Waals surface area contributed by atoms with Gasteiger partial charge >= 0.3 is 0 Å². The van der Waals surface area contributed by atoms with E-state index in [-0.39, 0.29) is 0 Å². The molecule has 0 spiro atoms. The first-order valence-electron chi connectivity index (χ1n) is 7.58. The van der Waals surface area contributed by atoms with Gasteiger partial charge in [-0.1, -0.05) is 36.8 Å². The highest BCUT2D eigenvalue weighted by molar-refractivity contribution is 7.07. The van der Waals surface area contributed by atoms with Crippen molar-refractivity contribution >= 4 is 11.3 Å². The first-order valence-corrected chi connectivity index (χ1v) is 8.52. The molecule has 1 unspecified atom stereocenters. The van der Waals surface area contributed by atoms with Crippen LogP contribution in [0, 0.1) is 6.92 Å². The fourth-order valence-corrected chi connectivity index (χ4v) is 3.10. The molecule has 0 saturated carbocycles. The van der Waals surface area contributed by atoms with Crippen molar-refractivity contribution in [3.8, 4) is 0 Å². The van der Waals surface area contributed by atoms with Gasteiger partial charge in [-0.15, -0.1) is 0 Å². The Hall–Kier alpha value is -1.12. The number of rotatable bonds is 8. The van der Waals surface area contributed by atoms with E-state index in [1.165, 1.54) is 29.5 Å². The molecule has 108 valence electrons. The maximum Gasteiger partial charge on any atom is 0.0111 e. The van der Waals surface area contributed by atoms with Crippen LogP contribution in [0.15, 0.2) is 41.1 Å². The summed E-state index contributed by atoms with van der Waals surface area (Å²) in [6.45, 7) is 5.49. The molecule has 1 aromatic heterocycles. The maximum atomic E-state index is 3.69. The Bertz CT molecular complexity index is 473. The molecule has 0 aliphatic heterocycles. The normalized spacial score (nSPS) is 12.5. The van der Waals surface area contributed by atoms with Crippen LogP contribution in [0.5, 0.6) is 0 Å². The first-order chi connectivity index (χ1) is 9.78. The van der Waals surface area contributed by atoms with Gasteiger partial charge in [-0.25, -0.2) is 0 Å². The molecule has 0 aliphatic rings. The Morgan fingerprint density at radius 3 is 2.55 bits per heavy atom. The summed E-state index contributed by atoms with van der Waals surface area (Å²) in [7, 11) is 0. The second-order valence-corrected chi connectivity index (χ2v) is 6.29. The van der Waals surface area contributed by atoms with Crippen LogP contribution in [0.4, 0.5) is 0 Å². The van der Waals surface area contributed by atoms with Crippen molar-refractivity contribution in [3.05, 3.63) is 57.8 Å². The van der Waals surface area contributed by atoms with Crippen LogP contribution >= 0.6 is 11.3 Å². The maximum absolute atomic E-state index is 3.69. The van der Waals surface area contributed by atoms with E-state index < -0.39 is 0 Å². The van der Waals surface area contributed by atoms with Crippen molar-refractivity contribution < 1.29 is 0 Å². The molecule has 1 atom stereocenters. The third kappa shape index (κ3) is 5.10. The molecule has 1 heterocycles.